The first-order chi connectivity index (χ1) is 10.1. The Kier molecular flexibility index (Phi) is 3.62. The number of hydrogen-bond donors (Lipinski definition) is 1. The maximum absolute atomic E-state index is 6.39. The number of hydrogen-bond acceptors (Lipinski definition) is 3. The van der Waals surface area contributed by atoms with E-state index in [1.807, 2.05) is 31.2 Å². The first-order valence-electron chi connectivity index (χ1n) is 7.72. The van der Waals surface area contributed by atoms with E-state index in [0.717, 1.165) is 28.6 Å². The Hall–Kier alpha value is -1.97. The van der Waals surface area contributed by atoms with Gasteiger partial charge >= 0.3 is 0 Å². The van der Waals surface area contributed by atoms with Crippen LogP contribution < -0.4 is 10.5 Å². The zero-order valence-electron chi connectivity index (χ0n) is 13.0. The number of imidazole rings is 1. The molecule has 2 N–H and O–H groups in total. The number of rotatable bonds is 5. The van der Waals surface area contributed by atoms with Crippen molar-refractivity contribution in [1.29, 1.82) is 0 Å². The van der Waals surface area contributed by atoms with Gasteiger partial charge in [-0.1, -0.05) is 12.1 Å². The van der Waals surface area contributed by atoms with Crippen molar-refractivity contribution in [2.45, 2.75) is 45.6 Å². The highest BCUT2D eigenvalue weighted by atomic mass is 16.5. The Bertz CT molecular complexity index is 641. The van der Waals surface area contributed by atoms with Crippen molar-refractivity contribution < 1.29 is 4.74 Å². The normalized spacial score (nSPS) is 14.7. The van der Waals surface area contributed by atoms with Crippen LogP contribution in [0.2, 0.25) is 0 Å². The number of nitrogen functional groups attached to an aromatic ring is 1. The van der Waals surface area contributed by atoms with Gasteiger partial charge in [-0.25, -0.2) is 4.98 Å². The molecule has 4 heteroatoms. The van der Waals surface area contributed by atoms with Gasteiger partial charge in [0.25, 0.3) is 0 Å². The van der Waals surface area contributed by atoms with Crippen molar-refractivity contribution in [2.24, 2.45) is 0 Å². The smallest absolute Gasteiger partial charge is 0.131 e. The molecule has 21 heavy (non-hydrogen) atoms. The summed E-state index contributed by atoms with van der Waals surface area (Å²) in [6, 6.07) is 8.35. The lowest BCUT2D eigenvalue weighted by Crippen LogP contribution is -2.08. The largest absolute Gasteiger partial charge is 0.494 e. The maximum atomic E-state index is 6.39. The Morgan fingerprint density at radius 1 is 1.38 bits per heavy atom. The van der Waals surface area contributed by atoms with E-state index >= 15 is 0 Å². The first kappa shape index (κ1) is 14.0. The van der Waals surface area contributed by atoms with Crippen molar-refractivity contribution in [3.63, 3.8) is 0 Å². The van der Waals surface area contributed by atoms with Crippen LogP contribution in [0.5, 0.6) is 5.75 Å². The second-order valence-corrected chi connectivity index (χ2v) is 5.90. The third-order valence-corrected chi connectivity index (χ3v) is 3.85. The molecule has 1 aromatic carbocycles. The van der Waals surface area contributed by atoms with Crippen LogP contribution in [-0.4, -0.2) is 16.2 Å². The molecule has 0 unspecified atom stereocenters. The molecule has 1 fully saturated rings. The lowest BCUT2D eigenvalue weighted by atomic mass is 10.1. The van der Waals surface area contributed by atoms with E-state index in [2.05, 4.69) is 18.4 Å². The Labute approximate surface area is 125 Å². The maximum Gasteiger partial charge on any atom is 0.131 e. The fraction of sp³-hybridized carbons (Fsp3) is 0.471. The fourth-order valence-electron chi connectivity index (χ4n) is 2.75. The summed E-state index contributed by atoms with van der Waals surface area (Å²) in [6.45, 7) is 6.96. The summed E-state index contributed by atoms with van der Waals surface area (Å²) in [5.74, 6) is 3.35. The number of nitrogens with two attached hydrogens (primary N) is 1. The molecule has 1 aliphatic carbocycles. The molecular weight excluding hydrogens is 262 g/mol. The average Bonchev–Trinajstić information content (AvgIpc) is 3.23. The van der Waals surface area contributed by atoms with E-state index in [4.69, 9.17) is 15.5 Å². The lowest BCUT2D eigenvalue weighted by molar-refractivity contribution is 0.340. The summed E-state index contributed by atoms with van der Waals surface area (Å²) < 4.78 is 7.76. The summed E-state index contributed by atoms with van der Waals surface area (Å²) in [4.78, 5) is 4.85. The Morgan fingerprint density at radius 3 is 2.76 bits per heavy atom. The zero-order chi connectivity index (χ0) is 15.0. The van der Waals surface area contributed by atoms with Crippen LogP contribution in [0.15, 0.2) is 24.3 Å². The molecule has 4 nitrogen and oxygen atoms in total. The van der Waals surface area contributed by atoms with Crippen LogP contribution in [-0.2, 0) is 0 Å². The van der Waals surface area contributed by atoms with Crippen molar-refractivity contribution >= 4 is 5.82 Å². The molecule has 1 aliphatic rings. The number of nitrogens with zero attached hydrogens (tertiary/aromatic N) is 2. The van der Waals surface area contributed by atoms with Gasteiger partial charge < -0.3 is 15.0 Å². The molecule has 3 rings (SSSR count). The van der Waals surface area contributed by atoms with Crippen LogP contribution in [0.25, 0.3) is 11.3 Å². The zero-order valence-corrected chi connectivity index (χ0v) is 13.0. The van der Waals surface area contributed by atoms with E-state index in [0.29, 0.717) is 18.6 Å². The molecule has 2 aromatic rings. The van der Waals surface area contributed by atoms with Gasteiger partial charge in [0.1, 0.15) is 23.1 Å². The molecule has 0 saturated heterocycles. The van der Waals surface area contributed by atoms with Gasteiger partial charge in [0, 0.05) is 17.5 Å². The van der Waals surface area contributed by atoms with Crippen LogP contribution in [0.3, 0.4) is 0 Å². The summed E-state index contributed by atoms with van der Waals surface area (Å²) in [5, 5.41) is 0. The van der Waals surface area contributed by atoms with Crippen LogP contribution in [0, 0.1) is 0 Å². The number of anilines is 1. The third kappa shape index (κ3) is 2.62. The molecule has 0 radical (unpaired) electrons. The topological polar surface area (TPSA) is 53.1 Å². The predicted molar refractivity (Wildman–Crippen MR) is 85.6 cm³/mol. The molecule has 0 aliphatic heterocycles. The van der Waals surface area contributed by atoms with E-state index in [1.54, 1.807) is 0 Å². The van der Waals surface area contributed by atoms with Gasteiger partial charge in [-0.15, -0.1) is 0 Å². The highest BCUT2D eigenvalue weighted by Crippen LogP contribution is 2.43. The number of aromatic nitrogens is 2. The van der Waals surface area contributed by atoms with Gasteiger partial charge in [0.2, 0.25) is 0 Å². The van der Waals surface area contributed by atoms with Crippen molar-refractivity contribution in [3.8, 4) is 17.0 Å². The summed E-state index contributed by atoms with van der Waals surface area (Å²) in [7, 11) is 0. The highest BCUT2D eigenvalue weighted by Gasteiger charge is 2.31. The van der Waals surface area contributed by atoms with Gasteiger partial charge in [-0.2, -0.15) is 0 Å². The van der Waals surface area contributed by atoms with Crippen molar-refractivity contribution in [2.75, 3.05) is 12.3 Å². The predicted octanol–water partition coefficient (Wildman–Crippen LogP) is 3.99. The summed E-state index contributed by atoms with van der Waals surface area (Å²) in [5.41, 5.74) is 8.30. The highest BCUT2D eigenvalue weighted by molar-refractivity contribution is 5.72. The fourth-order valence-corrected chi connectivity index (χ4v) is 2.75. The van der Waals surface area contributed by atoms with Crippen LogP contribution in [0.4, 0.5) is 5.82 Å². The minimum atomic E-state index is 0.330. The van der Waals surface area contributed by atoms with E-state index in [1.165, 1.54) is 12.8 Å². The van der Waals surface area contributed by atoms with Crippen LogP contribution >= 0.6 is 0 Å². The molecule has 1 heterocycles. The minimum absolute atomic E-state index is 0.330. The lowest BCUT2D eigenvalue weighted by Gasteiger charge is -2.13. The molecular formula is C17H23N3O. The minimum Gasteiger partial charge on any atom is -0.494 e. The Morgan fingerprint density at radius 2 is 2.14 bits per heavy atom. The quantitative estimate of drug-likeness (QED) is 0.903. The first-order valence-corrected chi connectivity index (χ1v) is 7.72. The van der Waals surface area contributed by atoms with Crippen LogP contribution in [0.1, 0.15) is 51.4 Å². The summed E-state index contributed by atoms with van der Waals surface area (Å²) in [6.07, 6.45) is 2.45. The van der Waals surface area contributed by atoms with Gasteiger partial charge in [0.05, 0.1) is 6.61 Å². The molecule has 112 valence electrons. The second kappa shape index (κ2) is 5.43. The summed E-state index contributed by atoms with van der Waals surface area (Å²) >= 11 is 0. The SMILES string of the molecule is CCOc1cccc(-c2nc(C3CC3)n(C(C)C)c2N)c1. The Balaban J connectivity index is 2.06. The average molecular weight is 285 g/mol. The monoisotopic (exact) mass is 285 g/mol. The van der Waals surface area contributed by atoms with Crippen molar-refractivity contribution in [1.82, 2.24) is 9.55 Å². The molecule has 0 spiro atoms. The van der Waals surface area contributed by atoms with E-state index < -0.39 is 0 Å². The molecule has 1 saturated carbocycles. The van der Waals surface area contributed by atoms with E-state index in [9.17, 15) is 0 Å². The molecule has 0 amide bonds. The van der Waals surface area contributed by atoms with E-state index in [-0.39, 0.29) is 0 Å². The second-order valence-electron chi connectivity index (χ2n) is 5.90. The van der Waals surface area contributed by atoms with Gasteiger partial charge in [-0.3, -0.25) is 0 Å². The molecule has 1 aromatic heterocycles. The number of benzene rings is 1. The van der Waals surface area contributed by atoms with Gasteiger partial charge in [0.15, 0.2) is 0 Å². The van der Waals surface area contributed by atoms with Gasteiger partial charge in [-0.05, 0) is 45.7 Å². The standard InChI is InChI=1S/C17H23N3O/c1-4-21-14-7-5-6-13(10-14)15-16(18)20(11(2)3)17(19-15)12-8-9-12/h5-7,10-12H,4,8-9,18H2,1-3H3. The third-order valence-electron chi connectivity index (χ3n) is 3.85. The van der Waals surface area contributed by atoms with Crippen molar-refractivity contribution in [3.05, 3.63) is 30.1 Å². The molecule has 0 bridgehead atoms. The molecule has 0 atom stereocenters. The number of ether oxygens (including phenoxy) is 1.